The van der Waals surface area contributed by atoms with Gasteiger partial charge in [0.25, 0.3) is 0 Å². The lowest BCUT2D eigenvalue weighted by molar-refractivity contribution is -0.137. The number of hydrogen-bond donors (Lipinski definition) is 1. The van der Waals surface area contributed by atoms with Crippen LogP contribution < -0.4 is 5.73 Å². The van der Waals surface area contributed by atoms with Crippen LogP contribution in [0.3, 0.4) is 0 Å². The molecular weight excluding hydrogens is 271 g/mol. The molecule has 2 N–H and O–H groups in total. The van der Waals surface area contributed by atoms with Crippen LogP contribution in [0.5, 0.6) is 0 Å². The molecule has 104 valence electrons. The first-order valence-corrected chi connectivity index (χ1v) is 5.60. The van der Waals surface area contributed by atoms with Gasteiger partial charge < -0.3 is 5.73 Å². The van der Waals surface area contributed by atoms with Crippen molar-refractivity contribution in [2.24, 2.45) is 10.7 Å². The number of amides is 2. The number of urea groups is 1. The molecule has 1 aliphatic heterocycles. The second-order valence-electron chi connectivity index (χ2n) is 4.17. The van der Waals surface area contributed by atoms with E-state index in [0.717, 1.165) is 12.1 Å². The SMILES string of the molecule is C#CCN1C(=O)N=C(N)C1c1ccc(C(F)(F)F)cc1. The molecule has 0 saturated carbocycles. The third-order valence-electron chi connectivity index (χ3n) is 2.88. The zero-order valence-electron chi connectivity index (χ0n) is 10.2. The number of aliphatic imine (C=N–C) groups is 1. The summed E-state index contributed by atoms with van der Waals surface area (Å²) in [6.45, 7) is -0.0191. The van der Waals surface area contributed by atoms with E-state index in [9.17, 15) is 18.0 Å². The fourth-order valence-electron chi connectivity index (χ4n) is 1.97. The normalized spacial score (nSPS) is 18.9. The van der Waals surface area contributed by atoms with Gasteiger partial charge in [0.2, 0.25) is 0 Å². The maximum atomic E-state index is 12.5. The minimum absolute atomic E-state index is 0.0185. The van der Waals surface area contributed by atoms with E-state index >= 15 is 0 Å². The molecule has 1 heterocycles. The van der Waals surface area contributed by atoms with Crippen LogP contribution in [0.1, 0.15) is 17.2 Å². The highest BCUT2D eigenvalue weighted by Gasteiger charge is 2.35. The first-order chi connectivity index (χ1) is 9.34. The van der Waals surface area contributed by atoms with Gasteiger partial charge in [0.15, 0.2) is 0 Å². The van der Waals surface area contributed by atoms with E-state index in [0.29, 0.717) is 5.56 Å². The second-order valence-corrected chi connectivity index (χ2v) is 4.17. The highest BCUT2D eigenvalue weighted by atomic mass is 19.4. The van der Waals surface area contributed by atoms with Crippen LogP contribution in [0, 0.1) is 12.3 Å². The van der Waals surface area contributed by atoms with E-state index in [1.807, 2.05) is 0 Å². The van der Waals surface area contributed by atoms with Crippen LogP contribution in [0.4, 0.5) is 18.0 Å². The molecule has 0 radical (unpaired) electrons. The zero-order chi connectivity index (χ0) is 14.9. The Balaban J connectivity index is 2.33. The Hall–Kier alpha value is -2.49. The van der Waals surface area contributed by atoms with E-state index in [1.54, 1.807) is 0 Å². The van der Waals surface area contributed by atoms with E-state index in [2.05, 4.69) is 10.9 Å². The second kappa shape index (κ2) is 4.89. The van der Waals surface area contributed by atoms with Gasteiger partial charge in [-0.05, 0) is 17.7 Å². The Morgan fingerprint density at radius 1 is 1.35 bits per heavy atom. The lowest BCUT2D eigenvalue weighted by atomic mass is 10.0. The van der Waals surface area contributed by atoms with Crippen molar-refractivity contribution in [1.29, 1.82) is 0 Å². The average Bonchev–Trinajstić information content (AvgIpc) is 2.64. The van der Waals surface area contributed by atoms with Crippen molar-refractivity contribution in [2.75, 3.05) is 6.54 Å². The van der Waals surface area contributed by atoms with Crippen molar-refractivity contribution in [3.63, 3.8) is 0 Å². The number of benzene rings is 1. The minimum atomic E-state index is -4.41. The van der Waals surface area contributed by atoms with Gasteiger partial charge in [0, 0.05) is 0 Å². The summed E-state index contributed by atoms with van der Waals surface area (Å²) >= 11 is 0. The molecule has 0 aliphatic carbocycles. The summed E-state index contributed by atoms with van der Waals surface area (Å²) in [6.07, 6.45) is 0.739. The largest absolute Gasteiger partial charge is 0.416 e. The van der Waals surface area contributed by atoms with E-state index < -0.39 is 23.8 Å². The lowest BCUT2D eigenvalue weighted by Gasteiger charge is -2.22. The quantitative estimate of drug-likeness (QED) is 0.845. The number of halogens is 3. The minimum Gasteiger partial charge on any atom is -0.385 e. The number of carbonyl (C=O) groups is 1. The number of alkyl halides is 3. The molecule has 1 atom stereocenters. The summed E-state index contributed by atoms with van der Waals surface area (Å²) in [5.74, 6) is 2.31. The molecule has 2 rings (SSSR count). The molecule has 1 aliphatic rings. The monoisotopic (exact) mass is 281 g/mol. The van der Waals surface area contributed by atoms with Gasteiger partial charge in [-0.25, -0.2) is 4.79 Å². The van der Waals surface area contributed by atoms with Crippen LogP contribution in [-0.2, 0) is 6.18 Å². The number of nitrogens with zero attached hydrogens (tertiary/aromatic N) is 2. The molecule has 20 heavy (non-hydrogen) atoms. The van der Waals surface area contributed by atoms with Crippen LogP contribution in [0.15, 0.2) is 29.3 Å². The smallest absolute Gasteiger partial charge is 0.385 e. The molecule has 0 spiro atoms. The van der Waals surface area contributed by atoms with E-state index in [4.69, 9.17) is 12.2 Å². The number of hydrogen-bond acceptors (Lipinski definition) is 2. The van der Waals surface area contributed by atoms with Gasteiger partial charge in [-0.1, -0.05) is 18.1 Å². The first kappa shape index (κ1) is 13.9. The van der Waals surface area contributed by atoms with Gasteiger partial charge in [-0.2, -0.15) is 18.2 Å². The summed E-state index contributed by atoms with van der Waals surface area (Å²) in [5, 5.41) is 0. The van der Waals surface area contributed by atoms with Crippen molar-refractivity contribution in [2.45, 2.75) is 12.2 Å². The summed E-state index contributed by atoms with van der Waals surface area (Å²) in [5.41, 5.74) is 5.30. The predicted octanol–water partition coefficient (Wildman–Crippen LogP) is 2.17. The van der Waals surface area contributed by atoms with Gasteiger partial charge in [-0.3, -0.25) is 4.90 Å². The van der Waals surface area contributed by atoms with Gasteiger partial charge >= 0.3 is 12.2 Å². The summed E-state index contributed by atoms with van der Waals surface area (Å²) in [6, 6.07) is 3.07. The third kappa shape index (κ3) is 2.45. The highest BCUT2D eigenvalue weighted by molar-refractivity contribution is 6.03. The van der Waals surface area contributed by atoms with Crippen LogP contribution >= 0.6 is 0 Å². The van der Waals surface area contributed by atoms with Crippen molar-refractivity contribution in [3.05, 3.63) is 35.4 Å². The van der Waals surface area contributed by atoms with E-state index in [-0.39, 0.29) is 12.4 Å². The van der Waals surface area contributed by atoms with Crippen molar-refractivity contribution in [1.82, 2.24) is 4.90 Å². The van der Waals surface area contributed by atoms with Gasteiger partial charge in [0.1, 0.15) is 11.9 Å². The predicted molar refractivity (Wildman–Crippen MR) is 66.7 cm³/mol. The number of amidine groups is 1. The Bertz CT molecular complexity index is 599. The van der Waals surface area contributed by atoms with Crippen LogP contribution in [0.2, 0.25) is 0 Å². The molecule has 0 saturated heterocycles. The van der Waals surface area contributed by atoms with Gasteiger partial charge in [-0.15, -0.1) is 6.42 Å². The Labute approximate surface area is 113 Å². The molecule has 0 aromatic heterocycles. The number of carbonyl (C=O) groups excluding carboxylic acids is 1. The standard InChI is InChI=1S/C13H10F3N3O/c1-2-7-19-10(11(17)18-12(19)20)8-3-5-9(6-4-8)13(14,15)16/h1,3-6,10H,7H2,(H2,17,18,20). The highest BCUT2D eigenvalue weighted by Crippen LogP contribution is 2.32. The first-order valence-electron chi connectivity index (χ1n) is 5.60. The number of nitrogens with two attached hydrogens (primary N) is 1. The summed E-state index contributed by atoms with van der Waals surface area (Å²) in [4.78, 5) is 16.4. The van der Waals surface area contributed by atoms with Gasteiger partial charge in [0.05, 0.1) is 12.1 Å². The maximum Gasteiger partial charge on any atom is 0.416 e. The fourth-order valence-corrected chi connectivity index (χ4v) is 1.97. The molecule has 1 unspecified atom stereocenters. The lowest BCUT2D eigenvalue weighted by Crippen LogP contribution is -2.33. The Morgan fingerprint density at radius 2 is 1.95 bits per heavy atom. The molecule has 1 aromatic rings. The number of terminal acetylenes is 1. The zero-order valence-corrected chi connectivity index (χ0v) is 10.2. The fraction of sp³-hybridized carbons (Fsp3) is 0.231. The molecule has 1 aromatic carbocycles. The van der Waals surface area contributed by atoms with Crippen molar-refractivity contribution < 1.29 is 18.0 Å². The van der Waals surface area contributed by atoms with Crippen molar-refractivity contribution >= 4 is 11.9 Å². The average molecular weight is 281 g/mol. The molecule has 7 heteroatoms. The Kier molecular flexibility index (Phi) is 3.40. The van der Waals surface area contributed by atoms with Crippen LogP contribution in [0.25, 0.3) is 0 Å². The third-order valence-corrected chi connectivity index (χ3v) is 2.88. The maximum absolute atomic E-state index is 12.5. The topological polar surface area (TPSA) is 58.7 Å². The Morgan fingerprint density at radius 3 is 2.45 bits per heavy atom. The number of rotatable bonds is 2. The summed E-state index contributed by atoms with van der Waals surface area (Å²) < 4.78 is 37.5. The van der Waals surface area contributed by atoms with E-state index in [1.165, 1.54) is 17.0 Å². The molecule has 4 nitrogen and oxygen atoms in total. The molecule has 2 amide bonds. The summed E-state index contributed by atoms with van der Waals surface area (Å²) in [7, 11) is 0. The molecule has 0 bridgehead atoms. The molecule has 0 fully saturated rings. The van der Waals surface area contributed by atoms with Crippen molar-refractivity contribution in [3.8, 4) is 12.3 Å². The molecular formula is C13H10F3N3O. The van der Waals surface area contributed by atoms with Crippen LogP contribution in [-0.4, -0.2) is 23.3 Å².